The van der Waals surface area contributed by atoms with Gasteiger partial charge in [0.15, 0.2) is 6.10 Å². The number of quaternary nitrogens is 1. The van der Waals surface area contributed by atoms with Crippen molar-refractivity contribution in [1.29, 1.82) is 0 Å². The first kappa shape index (κ1) is 48.0. The first-order valence-electron chi connectivity index (χ1n) is 20.2. The predicted molar refractivity (Wildman–Crippen MR) is 199 cm³/mol. The highest BCUT2D eigenvalue weighted by atomic mass is 31.2. The summed E-state index contributed by atoms with van der Waals surface area (Å²) < 4.78 is 33.6. The van der Waals surface area contributed by atoms with Crippen molar-refractivity contribution < 1.29 is 42.1 Å². The fraction of sp³-hybridized carbons (Fsp3) is 0.949. The van der Waals surface area contributed by atoms with E-state index in [1.54, 1.807) is 0 Å². The first-order chi connectivity index (χ1) is 23.5. The van der Waals surface area contributed by atoms with Gasteiger partial charge in [-0.3, -0.25) is 14.2 Å². The normalized spacial score (nSPS) is 13.7. The van der Waals surface area contributed by atoms with Crippen LogP contribution in [0.15, 0.2) is 0 Å². The summed E-state index contributed by atoms with van der Waals surface area (Å²) in [6.07, 6.45) is 30.3. The van der Waals surface area contributed by atoms with Crippen LogP contribution in [0.3, 0.4) is 0 Å². The van der Waals surface area contributed by atoms with Crippen LogP contribution in [0.25, 0.3) is 0 Å². The molecular weight excluding hydrogens is 641 g/mol. The summed E-state index contributed by atoms with van der Waals surface area (Å²) in [6.45, 7) is 4.15. The Bertz CT molecular complexity index is 819. The summed E-state index contributed by atoms with van der Waals surface area (Å²) in [4.78, 5) is 37.1. The Labute approximate surface area is 302 Å². The Morgan fingerprint density at radius 1 is 0.551 bits per heavy atom. The van der Waals surface area contributed by atoms with Gasteiger partial charge in [-0.2, -0.15) is 0 Å². The standard InChI is InChI=1S/C39H78NO8P/c1-6-8-10-12-13-14-15-16-17-18-19-20-21-22-23-24-25-26-28-30-32-39(42)48-37(35-45-38(41)31-29-27-11-9-7-2)36-47-49(43,44)46-34-33-40(3,4)5/h37H,6-36H2,1-5H3. The Morgan fingerprint density at radius 3 is 1.31 bits per heavy atom. The molecule has 49 heavy (non-hydrogen) atoms. The lowest BCUT2D eigenvalue weighted by Gasteiger charge is -2.28. The van der Waals surface area contributed by atoms with Crippen molar-refractivity contribution in [2.45, 2.75) is 193 Å². The summed E-state index contributed by atoms with van der Waals surface area (Å²) in [6, 6.07) is 0. The second-order valence-corrected chi connectivity index (χ2v) is 16.4. The van der Waals surface area contributed by atoms with Gasteiger partial charge in [-0.1, -0.05) is 162 Å². The number of carbonyl (C=O) groups is 2. The van der Waals surface area contributed by atoms with Crippen molar-refractivity contribution in [1.82, 2.24) is 0 Å². The van der Waals surface area contributed by atoms with Crippen LogP contribution in [0, 0.1) is 0 Å². The number of hydrogen-bond acceptors (Lipinski definition) is 8. The minimum absolute atomic E-state index is 0.0266. The predicted octanol–water partition coefficient (Wildman–Crippen LogP) is 10.2. The van der Waals surface area contributed by atoms with Crippen LogP contribution in [0.5, 0.6) is 0 Å². The molecular formula is C39H78NO8P. The quantitative estimate of drug-likeness (QED) is 0.0270. The van der Waals surface area contributed by atoms with Gasteiger partial charge >= 0.3 is 11.9 Å². The Morgan fingerprint density at radius 2 is 0.918 bits per heavy atom. The minimum atomic E-state index is -4.60. The van der Waals surface area contributed by atoms with Crippen LogP contribution in [0.1, 0.15) is 187 Å². The third-order valence-electron chi connectivity index (χ3n) is 8.88. The maximum Gasteiger partial charge on any atom is 0.306 e. The molecule has 2 atom stereocenters. The van der Waals surface area contributed by atoms with Gasteiger partial charge < -0.3 is 27.9 Å². The van der Waals surface area contributed by atoms with E-state index in [0.29, 0.717) is 17.4 Å². The van der Waals surface area contributed by atoms with Crippen molar-refractivity contribution in [3.63, 3.8) is 0 Å². The van der Waals surface area contributed by atoms with Gasteiger partial charge in [0, 0.05) is 12.8 Å². The average molecular weight is 720 g/mol. The maximum atomic E-state index is 12.6. The molecule has 0 aromatic heterocycles. The van der Waals surface area contributed by atoms with E-state index in [2.05, 4.69) is 13.8 Å². The molecule has 0 aromatic rings. The van der Waals surface area contributed by atoms with Gasteiger partial charge in [-0.25, -0.2) is 0 Å². The number of ether oxygens (including phenoxy) is 2. The van der Waals surface area contributed by atoms with E-state index < -0.39 is 32.5 Å². The number of esters is 2. The summed E-state index contributed by atoms with van der Waals surface area (Å²) in [5.74, 6) is -0.838. The lowest BCUT2D eigenvalue weighted by Crippen LogP contribution is -2.37. The van der Waals surface area contributed by atoms with Gasteiger partial charge in [0.25, 0.3) is 7.82 Å². The molecule has 0 saturated carbocycles. The monoisotopic (exact) mass is 720 g/mol. The van der Waals surface area contributed by atoms with Gasteiger partial charge in [-0.15, -0.1) is 0 Å². The second-order valence-electron chi connectivity index (χ2n) is 15.0. The molecule has 0 amide bonds. The molecule has 10 heteroatoms. The lowest BCUT2D eigenvalue weighted by molar-refractivity contribution is -0.870. The summed E-state index contributed by atoms with van der Waals surface area (Å²) >= 11 is 0. The molecule has 0 bridgehead atoms. The summed E-state index contributed by atoms with van der Waals surface area (Å²) in [5.41, 5.74) is 0. The molecule has 292 valence electrons. The van der Waals surface area contributed by atoms with Crippen molar-refractivity contribution in [3.05, 3.63) is 0 Å². The smallest absolute Gasteiger partial charge is 0.306 e. The van der Waals surface area contributed by atoms with Crippen LogP contribution >= 0.6 is 7.82 Å². The van der Waals surface area contributed by atoms with E-state index >= 15 is 0 Å². The highest BCUT2D eigenvalue weighted by molar-refractivity contribution is 7.45. The molecule has 0 saturated heterocycles. The molecule has 0 aliphatic carbocycles. The van der Waals surface area contributed by atoms with Crippen molar-refractivity contribution in [3.8, 4) is 0 Å². The second kappa shape index (κ2) is 32.9. The maximum absolute atomic E-state index is 12.6. The van der Waals surface area contributed by atoms with Crippen LogP contribution in [0.4, 0.5) is 0 Å². The average Bonchev–Trinajstić information content (AvgIpc) is 3.04. The molecule has 0 N–H and O–H groups in total. The molecule has 0 fully saturated rings. The largest absolute Gasteiger partial charge is 0.756 e. The Hall–Kier alpha value is -0.990. The highest BCUT2D eigenvalue weighted by Crippen LogP contribution is 2.38. The van der Waals surface area contributed by atoms with Crippen molar-refractivity contribution in [2.75, 3.05) is 47.5 Å². The SMILES string of the molecule is CCCCCCCCCCCCCCCCCCCCCCC(=O)OC(COC(=O)CCCCCCC)COP(=O)([O-])OCC[N+](C)(C)C. The van der Waals surface area contributed by atoms with E-state index in [0.717, 1.165) is 44.9 Å². The number of nitrogens with zero attached hydrogens (tertiary/aromatic N) is 1. The van der Waals surface area contributed by atoms with Crippen molar-refractivity contribution in [2.24, 2.45) is 0 Å². The number of likely N-dealkylation sites (N-methyl/N-ethyl adjacent to an activating group) is 1. The number of hydrogen-bond donors (Lipinski definition) is 0. The fourth-order valence-electron chi connectivity index (χ4n) is 5.65. The molecule has 0 aromatic carbocycles. The molecule has 2 unspecified atom stereocenters. The molecule has 0 radical (unpaired) electrons. The molecule has 9 nitrogen and oxygen atoms in total. The van der Waals surface area contributed by atoms with E-state index in [4.69, 9.17) is 18.5 Å². The number of rotatable bonds is 37. The van der Waals surface area contributed by atoms with Gasteiger partial charge in [0.2, 0.25) is 0 Å². The molecule has 0 spiro atoms. The lowest BCUT2D eigenvalue weighted by atomic mass is 10.0. The van der Waals surface area contributed by atoms with Gasteiger partial charge in [-0.05, 0) is 12.8 Å². The van der Waals surface area contributed by atoms with Crippen LogP contribution in [-0.4, -0.2) is 70.0 Å². The van der Waals surface area contributed by atoms with Crippen LogP contribution in [-0.2, 0) is 32.7 Å². The van der Waals surface area contributed by atoms with Gasteiger partial charge in [0.05, 0.1) is 27.7 Å². The molecule has 0 rings (SSSR count). The molecule has 0 aliphatic heterocycles. The third kappa shape index (κ3) is 36.6. The number of unbranched alkanes of at least 4 members (excludes halogenated alkanes) is 23. The number of carbonyl (C=O) groups excluding carboxylic acids is 2. The van der Waals surface area contributed by atoms with Crippen LogP contribution < -0.4 is 4.89 Å². The zero-order valence-electron chi connectivity index (χ0n) is 32.7. The number of phosphoric ester groups is 1. The van der Waals surface area contributed by atoms with Gasteiger partial charge in [0.1, 0.15) is 19.8 Å². The first-order valence-corrected chi connectivity index (χ1v) is 21.7. The van der Waals surface area contributed by atoms with E-state index in [-0.39, 0.29) is 26.1 Å². The fourth-order valence-corrected chi connectivity index (χ4v) is 6.38. The molecule has 0 aliphatic rings. The minimum Gasteiger partial charge on any atom is -0.756 e. The topological polar surface area (TPSA) is 111 Å². The van der Waals surface area contributed by atoms with E-state index in [1.807, 2.05) is 21.1 Å². The Kier molecular flexibility index (Phi) is 32.2. The summed E-state index contributed by atoms with van der Waals surface area (Å²) in [7, 11) is 1.18. The van der Waals surface area contributed by atoms with Crippen LogP contribution in [0.2, 0.25) is 0 Å². The van der Waals surface area contributed by atoms with E-state index in [1.165, 1.54) is 109 Å². The zero-order chi connectivity index (χ0) is 36.5. The Balaban J connectivity index is 4.13. The number of phosphoric acid groups is 1. The highest BCUT2D eigenvalue weighted by Gasteiger charge is 2.21. The molecule has 0 heterocycles. The van der Waals surface area contributed by atoms with Crippen molar-refractivity contribution >= 4 is 19.8 Å². The third-order valence-corrected chi connectivity index (χ3v) is 9.84. The summed E-state index contributed by atoms with van der Waals surface area (Å²) in [5, 5.41) is 0. The zero-order valence-corrected chi connectivity index (χ0v) is 33.6. The van der Waals surface area contributed by atoms with E-state index in [9.17, 15) is 19.0 Å².